The molecular weight excluding hydrogens is 484 g/mol. The maximum Gasteiger partial charge on any atom is 0.243 e. The van der Waals surface area contributed by atoms with Crippen molar-refractivity contribution in [2.75, 3.05) is 32.9 Å². The topological polar surface area (TPSA) is 73.7 Å². The minimum Gasteiger partial charge on any atom is -0.379 e. The molecule has 2 fully saturated rings. The zero-order valence-corrected chi connectivity index (χ0v) is 20.1. The zero-order valence-electron chi connectivity index (χ0n) is 18.5. The third kappa shape index (κ3) is 4.85. The minimum atomic E-state index is -3.66. The van der Waals surface area contributed by atoms with Crippen molar-refractivity contribution < 1.29 is 26.7 Å². The maximum absolute atomic E-state index is 14.2. The van der Waals surface area contributed by atoms with Crippen LogP contribution in [0.5, 0.6) is 0 Å². The first-order chi connectivity index (χ1) is 16.4. The van der Waals surface area contributed by atoms with Crippen LogP contribution in [0, 0.1) is 11.6 Å². The maximum atomic E-state index is 14.2. The predicted octanol–water partition coefficient (Wildman–Crippen LogP) is 3.81. The van der Waals surface area contributed by atoms with Crippen LogP contribution >= 0.6 is 11.8 Å². The van der Waals surface area contributed by atoms with Crippen molar-refractivity contribution in [1.29, 1.82) is 0 Å². The van der Waals surface area contributed by atoms with E-state index in [1.54, 1.807) is 18.2 Å². The summed E-state index contributed by atoms with van der Waals surface area (Å²) in [5, 5.41) is 0.634. The van der Waals surface area contributed by atoms with Crippen molar-refractivity contribution in [3.05, 3.63) is 53.6 Å². The van der Waals surface area contributed by atoms with E-state index in [1.165, 1.54) is 28.2 Å². The van der Waals surface area contributed by atoms with Gasteiger partial charge >= 0.3 is 0 Å². The summed E-state index contributed by atoms with van der Waals surface area (Å²) < 4.78 is 68.2. The molecule has 0 aliphatic carbocycles. The lowest BCUT2D eigenvalue weighted by molar-refractivity contribution is 0.0730. The van der Waals surface area contributed by atoms with E-state index in [0.29, 0.717) is 55.7 Å². The summed E-state index contributed by atoms with van der Waals surface area (Å²) >= 11 is 1.33. The summed E-state index contributed by atoms with van der Waals surface area (Å²) in [6.07, 6.45) is 1.96. The first kappa shape index (κ1) is 23.7. The molecule has 0 saturated carbocycles. The van der Waals surface area contributed by atoms with Gasteiger partial charge in [0.05, 0.1) is 41.8 Å². The summed E-state index contributed by atoms with van der Waals surface area (Å²) in [4.78, 5) is 4.89. The van der Waals surface area contributed by atoms with Gasteiger partial charge in [0.25, 0.3) is 0 Å². The normalized spacial score (nSPS) is 19.8. The highest BCUT2D eigenvalue weighted by atomic mass is 32.2. The van der Waals surface area contributed by atoms with Crippen molar-refractivity contribution in [2.24, 2.45) is 0 Å². The van der Waals surface area contributed by atoms with Gasteiger partial charge in [-0.2, -0.15) is 4.31 Å². The van der Waals surface area contributed by atoms with Gasteiger partial charge < -0.3 is 14.0 Å². The van der Waals surface area contributed by atoms with E-state index in [9.17, 15) is 17.2 Å². The molecule has 2 aromatic carbocycles. The van der Waals surface area contributed by atoms with Crippen LogP contribution in [-0.4, -0.2) is 61.3 Å². The predicted molar refractivity (Wildman–Crippen MR) is 124 cm³/mol. The molecule has 0 N–H and O–H groups in total. The van der Waals surface area contributed by atoms with Crippen molar-refractivity contribution >= 4 is 32.8 Å². The van der Waals surface area contributed by atoms with Crippen LogP contribution in [0.15, 0.2) is 46.5 Å². The minimum absolute atomic E-state index is 0.0380. The number of hydrogen-bond donors (Lipinski definition) is 0. The molecule has 11 heteroatoms. The second kappa shape index (κ2) is 9.90. The first-order valence-corrected chi connectivity index (χ1v) is 13.6. The zero-order chi connectivity index (χ0) is 23.7. The number of sulfonamides is 1. The Kier molecular flexibility index (Phi) is 6.90. The summed E-state index contributed by atoms with van der Waals surface area (Å²) in [5.74, 6) is -0.959. The Bertz CT molecular complexity index is 1290. The molecule has 182 valence electrons. The third-order valence-corrected chi connectivity index (χ3v) is 8.99. The number of rotatable bonds is 7. The summed E-state index contributed by atoms with van der Waals surface area (Å²) in [7, 11) is -3.66. The van der Waals surface area contributed by atoms with Gasteiger partial charge in [-0.3, -0.25) is 0 Å². The van der Waals surface area contributed by atoms with Gasteiger partial charge in [-0.1, -0.05) is 17.8 Å². The molecule has 34 heavy (non-hydrogen) atoms. The van der Waals surface area contributed by atoms with E-state index < -0.39 is 21.7 Å². The van der Waals surface area contributed by atoms with Crippen LogP contribution in [0.25, 0.3) is 11.0 Å². The lowest BCUT2D eigenvalue weighted by Crippen LogP contribution is -2.40. The largest absolute Gasteiger partial charge is 0.379 e. The summed E-state index contributed by atoms with van der Waals surface area (Å²) in [6.45, 7) is 2.66. The molecule has 0 radical (unpaired) electrons. The van der Waals surface area contributed by atoms with E-state index >= 15 is 0 Å². The Morgan fingerprint density at radius 3 is 2.65 bits per heavy atom. The van der Waals surface area contributed by atoms with E-state index in [4.69, 9.17) is 14.5 Å². The summed E-state index contributed by atoms with van der Waals surface area (Å²) in [5.41, 5.74) is 1.71. The molecule has 5 rings (SSSR count). The average molecular weight is 510 g/mol. The van der Waals surface area contributed by atoms with Gasteiger partial charge in [-0.05, 0) is 42.7 Å². The van der Waals surface area contributed by atoms with E-state index in [0.717, 1.165) is 24.4 Å². The lowest BCUT2D eigenvalue weighted by atomic mass is 10.2. The van der Waals surface area contributed by atoms with E-state index in [-0.39, 0.29) is 16.8 Å². The Balaban J connectivity index is 1.47. The number of imidazole rings is 1. The third-order valence-electron chi connectivity index (χ3n) is 6.07. The van der Waals surface area contributed by atoms with Crippen LogP contribution in [-0.2, 0) is 31.8 Å². The Morgan fingerprint density at radius 2 is 1.91 bits per heavy atom. The molecular formula is C23H25F2N3O4S2. The number of fused-ring (bicyclic) bond motifs is 1. The van der Waals surface area contributed by atoms with Gasteiger partial charge in [-0.15, -0.1) is 0 Å². The van der Waals surface area contributed by atoms with Crippen LogP contribution in [0.4, 0.5) is 8.78 Å². The Morgan fingerprint density at radius 1 is 1.09 bits per heavy atom. The highest BCUT2D eigenvalue weighted by Gasteiger charge is 2.28. The number of halogens is 2. The molecule has 2 saturated heterocycles. The van der Waals surface area contributed by atoms with E-state index in [1.807, 2.05) is 4.57 Å². The number of aromatic nitrogens is 2. The smallest absolute Gasteiger partial charge is 0.243 e. The van der Waals surface area contributed by atoms with Crippen molar-refractivity contribution in [3.8, 4) is 0 Å². The average Bonchev–Trinajstić information content (AvgIpc) is 3.47. The Labute approximate surface area is 201 Å². The standard InChI is InChI=1S/C23H25F2N3O4S2/c24-17-4-3-16(20(25)12-17)15-33-23-26-21-13-19(34(29,30)27-7-10-31-11-8-27)5-6-22(21)28(23)14-18-2-1-9-32-18/h3-6,12-13,18H,1-2,7-11,14-15H2. The number of morpholine rings is 1. The fraction of sp³-hybridized carbons (Fsp3) is 0.435. The fourth-order valence-electron chi connectivity index (χ4n) is 4.24. The molecule has 1 unspecified atom stereocenters. The highest BCUT2D eigenvalue weighted by Crippen LogP contribution is 2.31. The van der Waals surface area contributed by atoms with Gasteiger partial charge in [0.1, 0.15) is 11.6 Å². The number of thioether (sulfide) groups is 1. The van der Waals surface area contributed by atoms with Gasteiger partial charge in [-0.25, -0.2) is 22.2 Å². The molecule has 0 bridgehead atoms. The monoisotopic (exact) mass is 509 g/mol. The molecule has 2 aliphatic heterocycles. The number of nitrogens with zero attached hydrogens (tertiary/aromatic N) is 3. The quantitative estimate of drug-likeness (QED) is 0.451. The van der Waals surface area contributed by atoms with Gasteiger partial charge in [0, 0.05) is 31.5 Å². The van der Waals surface area contributed by atoms with Crippen LogP contribution in [0.3, 0.4) is 0 Å². The van der Waals surface area contributed by atoms with Crippen LogP contribution in [0.1, 0.15) is 18.4 Å². The highest BCUT2D eigenvalue weighted by molar-refractivity contribution is 7.98. The number of ether oxygens (including phenoxy) is 2. The van der Waals surface area contributed by atoms with Crippen LogP contribution in [0.2, 0.25) is 0 Å². The number of benzene rings is 2. The van der Waals surface area contributed by atoms with Crippen molar-refractivity contribution in [3.63, 3.8) is 0 Å². The fourth-order valence-corrected chi connectivity index (χ4v) is 6.68. The molecule has 1 aromatic heterocycles. The van der Waals surface area contributed by atoms with Gasteiger partial charge in [0.2, 0.25) is 10.0 Å². The van der Waals surface area contributed by atoms with Gasteiger partial charge in [0.15, 0.2) is 5.16 Å². The first-order valence-electron chi connectivity index (χ1n) is 11.2. The molecule has 1 atom stereocenters. The molecule has 7 nitrogen and oxygen atoms in total. The SMILES string of the molecule is O=S(=O)(c1ccc2c(c1)nc(SCc1ccc(F)cc1F)n2CC1CCCO1)N1CCOCC1. The molecule has 0 spiro atoms. The molecule has 3 heterocycles. The summed E-state index contributed by atoms with van der Waals surface area (Å²) in [6, 6.07) is 8.50. The second-order valence-corrected chi connectivity index (χ2v) is 11.2. The molecule has 3 aromatic rings. The Hall–Kier alpha value is -2.05. The second-order valence-electron chi connectivity index (χ2n) is 8.33. The van der Waals surface area contributed by atoms with Crippen LogP contribution < -0.4 is 0 Å². The molecule has 2 aliphatic rings. The van der Waals surface area contributed by atoms with Crippen molar-refractivity contribution in [1.82, 2.24) is 13.9 Å². The van der Waals surface area contributed by atoms with E-state index in [2.05, 4.69) is 0 Å². The lowest BCUT2D eigenvalue weighted by Gasteiger charge is -2.26. The molecule has 0 amide bonds. The van der Waals surface area contributed by atoms with Crippen molar-refractivity contribution in [2.45, 2.75) is 41.3 Å². The number of hydrogen-bond acceptors (Lipinski definition) is 6.